The fourth-order valence-corrected chi connectivity index (χ4v) is 3.13. The molecule has 0 amide bonds. The molecule has 0 unspecified atom stereocenters. The number of hydrogen-bond acceptors (Lipinski definition) is 2. The Morgan fingerprint density at radius 2 is 1.32 bits per heavy atom. The number of hydrogen-bond donors (Lipinski definition) is 2. The maximum atomic E-state index is 9.51. The summed E-state index contributed by atoms with van der Waals surface area (Å²) >= 11 is 0. The van der Waals surface area contributed by atoms with Gasteiger partial charge < -0.3 is 10.2 Å². The van der Waals surface area contributed by atoms with E-state index in [1.165, 1.54) is 56.9 Å². The van der Waals surface area contributed by atoms with Crippen molar-refractivity contribution in [3.63, 3.8) is 0 Å². The van der Waals surface area contributed by atoms with Crippen molar-refractivity contribution >= 4 is 0 Å². The van der Waals surface area contributed by atoms with Gasteiger partial charge in [0.1, 0.15) is 0 Å². The van der Waals surface area contributed by atoms with E-state index in [1.54, 1.807) is 0 Å². The lowest BCUT2D eigenvalue weighted by molar-refractivity contribution is 0.259. The topological polar surface area (TPSA) is 40.5 Å². The van der Waals surface area contributed by atoms with E-state index in [1.807, 2.05) is 12.1 Å². The summed E-state index contributed by atoms with van der Waals surface area (Å²) in [5, 5.41) is 18.9. The van der Waals surface area contributed by atoms with Gasteiger partial charge in [0.2, 0.25) is 0 Å². The maximum absolute atomic E-state index is 9.51. The number of rotatable bonds is 13. The third kappa shape index (κ3) is 9.68. The Morgan fingerprint density at radius 3 is 1.96 bits per heavy atom. The van der Waals surface area contributed by atoms with Crippen LogP contribution in [0.15, 0.2) is 18.2 Å². The predicted octanol–water partition coefficient (Wildman–Crippen LogP) is 5.53. The molecule has 2 heteroatoms. The van der Waals surface area contributed by atoms with E-state index in [-0.39, 0.29) is 13.2 Å². The van der Waals surface area contributed by atoms with Crippen molar-refractivity contribution in [3.05, 3.63) is 34.9 Å². The largest absolute Gasteiger partial charge is 0.392 e. The summed E-state index contributed by atoms with van der Waals surface area (Å²) in [5.74, 6) is 6.54. The monoisotopic (exact) mass is 344 g/mol. The second-order valence-corrected chi connectivity index (χ2v) is 6.80. The molecular weight excluding hydrogens is 308 g/mol. The highest BCUT2D eigenvalue weighted by molar-refractivity contribution is 5.34. The molecule has 0 aliphatic heterocycles. The molecule has 140 valence electrons. The van der Waals surface area contributed by atoms with Crippen molar-refractivity contribution in [2.45, 2.75) is 97.2 Å². The third-order valence-corrected chi connectivity index (χ3v) is 4.73. The van der Waals surface area contributed by atoms with E-state index >= 15 is 0 Å². The van der Waals surface area contributed by atoms with Gasteiger partial charge in [0.05, 0.1) is 13.2 Å². The molecule has 0 aliphatic rings. The first-order valence-corrected chi connectivity index (χ1v) is 10.1. The van der Waals surface area contributed by atoms with Gasteiger partial charge >= 0.3 is 0 Å². The first-order valence-electron chi connectivity index (χ1n) is 10.1. The Hall–Kier alpha value is -1.30. The average molecular weight is 345 g/mol. The number of aliphatic hydroxyl groups excluding tert-OH is 2. The predicted molar refractivity (Wildman–Crippen MR) is 106 cm³/mol. The molecule has 0 saturated carbocycles. The Balaban J connectivity index is 2.05. The fraction of sp³-hybridized carbons (Fsp3) is 0.652. The molecule has 1 aromatic carbocycles. The summed E-state index contributed by atoms with van der Waals surface area (Å²) < 4.78 is 0. The van der Waals surface area contributed by atoms with Crippen molar-refractivity contribution in [1.82, 2.24) is 0 Å². The maximum Gasteiger partial charge on any atom is 0.0688 e. The second kappa shape index (κ2) is 15.0. The minimum atomic E-state index is 0.00666. The van der Waals surface area contributed by atoms with E-state index in [9.17, 15) is 10.2 Å². The van der Waals surface area contributed by atoms with Gasteiger partial charge in [0, 0.05) is 12.8 Å². The molecule has 0 fully saturated rings. The van der Waals surface area contributed by atoms with Crippen molar-refractivity contribution in [2.24, 2.45) is 0 Å². The van der Waals surface area contributed by atoms with E-state index in [4.69, 9.17) is 0 Å². The lowest BCUT2D eigenvalue weighted by Gasteiger charge is -2.11. The normalized spacial score (nSPS) is 10.5. The van der Waals surface area contributed by atoms with Gasteiger partial charge in [-0.3, -0.25) is 0 Å². The van der Waals surface area contributed by atoms with Crippen molar-refractivity contribution < 1.29 is 10.2 Å². The second-order valence-electron chi connectivity index (χ2n) is 6.80. The van der Waals surface area contributed by atoms with Crippen LogP contribution in [0.5, 0.6) is 0 Å². The van der Waals surface area contributed by atoms with E-state index < -0.39 is 0 Å². The standard InChI is InChI=1S/C23H36O2/c1-2-3-4-5-6-7-8-9-10-11-12-13-14-16-21-17-15-18-22(19-24)23(21)20-25/h15,17-18,24-25H,2-4,7-14,16,19-20H2,1H3. The summed E-state index contributed by atoms with van der Waals surface area (Å²) in [4.78, 5) is 0. The Kier molecular flexibility index (Phi) is 13.0. The number of unbranched alkanes of at least 4 members (excludes halogenated alkanes) is 9. The van der Waals surface area contributed by atoms with Crippen LogP contribution >= 0.6 is 0 Å². The van der Waals surface area contributed by atoms with Gasteiger partial charge in [-0.2, -0.15) is 0 Å². The summed E-state index contributed by atoms with van der Waals surface area (Å²) in [6.45, 7) is 2.24. The highest BCUT2D eigenvalue weighted by atomic mass is 16.3. The molecule has 1 rings (SSSR count). The van der Waals surface area contributed by atoms with Gasteiger partial charge in [-0.05, 0) is 42.4 Å². The first kappa shape index (κ1) is 21.7. The summed E-state index contributed by atoms with van der Waals surface area (Å²) in [7, 11) is 0. The molecule has 25 heavy (non-hydrogen) atoms. The molecule has 0 heterocycles. The highest BCUT2D eigenvalue weighted by Crippen LogP contribution is 2.18. The summed E-state index contributed by atoms with van der Waals surface area (Å²) in [6.07, 6.45) is 14.5. The summed E-state index contributed by atoms with van der Waals surface area (Å²) in [5.41, 5.74) is 2.97. The van der Waals surface area contributed by atoms with Crippen LogP contribution in [0.3, 0.4) is 0 Å². The van der Waals surface area contributed by atoms with Crippen molar-refractivity contribution in [3.8, 4) is 11.8 Å². The van der Waals surface area contributed by atoms with Crippen LogP contribution in [-0.4, -0.2) is 10.2 Å². The van der Waals surface area contributed by atoms with Crippen molar-refractivity contribution in [2.75, 3.05) is 0 Å². The zero-order chi connectivity index (χ0) is 18.2. The van der Waals surface area contributed by atoms with E-state index in [2.05, 4.69) is 24.8 Å². The molecular formula is C23H36O2. The van der Waals surface area contributed by atoms with Gasteiger partial charge in [0.25, 0.3) is 0 Å². The van der Waals surface area contributed by atoms with Gasteiger partial charge in [0.15, 0.2) is 0 Å². The van der Waals surface area contributed by atoms with Crippen LogP contribution in [-0.2, 0) is 19.6 Å². The van der Waals surface area contributed by atoms with Gasteiger partial charge in [-0.15, -0.1) is 11.8 Å². The third-order valence-electron chi connectivity index (χ3n) is 4.73. The smallest absolute Gasteiger partial charge is 0.0688 e. The van der Waals surface area contributed by atoms with Gasteiger partial charge in [-0.25, -0.2) is 0 Å². The lowest BCUT2D eigenvalue weighted by Crippen LogP contribution is -2.00. The molecule has 2 nitrogen and oxygen atoms in total. The average Bonchev–Trinajstić information content (AvgIpc) is 2.65. The van der Waals surface area contributed by atoms with E-state index in [0.29, 0.717) is 0 Å². The van der Waals surface area contributed by atoms with Gasteiger partial charge in [-0.1, -0.05) is 63.6 Å². The Morgan fingerprint density at radius 1 is 0.720 bits per heavy atom. The quantitative estimate of drug-likeness (QED) is 0.365. The lowest BCUT2D eigenvalue weighted by atomic mass is 9.97. The SMILES string of the molecule is CCCCC#CCCCCCCCCCc1cccc(CO)c1CO. The molecule has 2 N–H and O–H groups in total. The van der Waals surface area contributed by atoms with Crippen LogP contribution in [0.2, 0.25) is 0 Å². The highest BCUT2D eigenvalue weighted by Gasteiger charge is 2.06. The van der Waals surface area contributed by atoms with Crippen LogP contribution < -0.4 is 0 Å². The fourth-order valence-electron chi connectivity index (χ4n) is 3.13. The first-order chi connectivity index (χ1) is 12.3. The molecule has 0 bridgehead atoms. The summed E-state index contributed by atoms with van der Waals surface area (Å²) in [6, 6.07) is 5.95. The molecule has 0 spiro atoms. The van der Waals surface area contributed by atoms with Crippen molar-refractivity contribution in [1.29, 1.82) is 0 Å². The molecule has 0 atom stereocenters. The Bertz CT molecular complexity index is 511. The minimum absolute atomic E-state index is 0.00666. The Labute approximate surface area is 154 Å². The minimum Gasteiger partial charge on any atom is -0.392 e. The molecule has 1 aromatic rings. The van der Waals surface area contributed by atoms with Crippen LogP contribution in [0, 0.1) is 11.8 Å². The number of aliphatic hydroxyl groups is 2. The van der Waals surface area contributed by atoms with Crippen LogP contribution in [0.25, 0.3) is 0 Å². The zero-order valence-corrected chi connectivity index (χ0v) is 16.0. The number of benzene rings is 1. The zero-order valence-electron chi connectivity index (χ0n) is 16.0. The van der Waals surface area contributed by atoms with Crippen LogP contribution in [0.1, 0.15) is 94.2 Å². The molecule has 0 saturated heterocycles. The molecule has 0 radical (unpaired) electrons. The molecule has 0 aliphatic carbocycles. The van der Waals surface area contributed by atoms with E-state index in [0.717, 1.165) is 36.8 Å². The molecule has 0 aromatic heterocycles. The van der Waals surface area contributed by atoms with Crippen LogP contribution in [0.4, 0.5) is 0 Å². The number of aryl methyl sites for hydroxylation is 1.